The van der Waals surface area contributed by atoms with Crippen LogP contribution in [0.1, 0.15) is 25.5 Å². The lowest BCUT2D eigenvalue weighted by molar-refractivity contribution is 0.151. The van der Waals surface area contributed by atoms with Crippen LogP contribution in [0, 0.1) is 0 Å². The van der Waals surface area contributed by atoms with Crippen LogP contribution in [-0.4, -0.2) is 35.0 Å². The van der Waals surface area contributed by atoms with Crippen molar-refractivity contribution in [2.24, 2.45) is 5.73 Å². The minimum Gasteiger partial charge on any atom is -0.329 e. The van der Waals surface area contributed by atoms with Gasteiger partial charge in [-0.15, -0.1) is 0 Å². The predicted molar refractivity (Wildman–Crippen MR) is 89.0 cm³/mol. The van der Waals surface area contributed by atoms with Crippen LogP contribution in [0.5, 0.6) is 0 Å². The van der Waals surface area contributed by atoms with Crippen LogP contribution in [0.15, 0.2) is 22.7 Å². The molecule has 1 saturated heterocycles. The Hall–Kier alpha value is 0.260. The number of rotatable bonds is 3. The van der Waals surface area contributed by atoms with Crippen molar-refractivity contribution < 1.29 is 0 Å². The van der Waals surface area contributed by atoms with E-state index < -0.39 is 0 Å². The van der Waals surface area contributed by atoms with E-state index in [4.69, 9.17) is 17.3 Å². The highest BCUT2D eigenvalue weighted by atomic mass is 79.9. The monoisotopic (exact) mass is 362 g/mol. The van der Waals surface area contributed by atoms with Crippen molar-refractivity contribution in [3.8, 4) is 0 Å². The highest BCUT2D eigenvalue weighted by Crippen LogP contribution is 2.35. The lowest BCUT2D eigenvalue weighted by atomic mass is 10.0. The van der Waals surface area contributed by atoms with Gasteiger partial charge < -0.3 is 5.73 Å². The maximum atomic E-state index is 6.36. The summed E-state index contributed by atoms with van der Waals surface area (Å²) in [7, 11) is 0. The zero-order valence-electron chi connectivity index (χ0n) is 11.3. The van der Waals surface area contributed by atoms with Crippen LogP contribution in [-0.2, 0) is 0 Å². The van der Waals surface area contributed by atoms with Gasteiger partial charge in [0, 0.05) is 45.7 Å². The minimum atomic E-state index is 0.198. The van der Waals surface area contributed by atoms with Crippen molar-refractivity contribution in [2.75, 3.05) is 18.8 Å². The molecule has 0 aromatic heterocycles. The van der Waals surface area contributed by atoms with E-state index in [0.29, 0.717) is 17.8 Å². The zero-order chi connectivity index (χ0) is 14.0. The lowest BCUT2D eigenvalue weighted by Gasteiger charge is -2.42. The fourth-order valence-electron chi connectivity index (χ4n) is 2.61. The first-order chi connectivity index (χ1) is 9.04. The first kappa shape index (κ1) is 15.6. The first-order valence-corrected chi connectivity index (χ1v) is 8.79. The predicted octanol–water partition coefficient (Wildman–Crippen LogP) is 3.93. The topological polar surface area (TPSA) is 29.3 Å². The van der Waals surface area contributed by atoms with Gasteiger partial charge in [0.05, 0.1) is 0 Å². The smallest absolute Gasteiger partial charge is 0.0489 e. The fourth-order valence-corrected chi connectivity index (χ4v) is 4.35. The van der Waals surface area contributed by atoms with E-state index in [1.165, 1.54) is 0 Å². The second-order valence-corrected chi connectivity index (χ2v) is 7.78. The van der Waals surface area contributed by atoms with Gasteiger partial charge in [-0.1, -0.05) is 34.5 Å². The maximum absolute atomic E-state index is 6.36. The van der Waals surface area contributed by atoms with E-state index >= 15 is 0 Å². The molecule has 0 spiro atoms. The maximum Gasteiger partial charge on any atom is 0.0489 e. The van der Waals surface area contributed by atoms with E-state index in [2.05, 4.69) is 40.7 Å². The number of halogens is 2. The molecule has 0 saturated carbocycles. The molecule has 0 aliphatic carbocycles. The third-order valence-corrected chi connectivity index (χ3v) is 6.05. The van der Waals surface area contributed by atoms with Gasteiger partial charge in [0.2, 0.25) is 0 Å². The van der Waals surface area contributed by atoms with E-state index in [0.717, 1.165) is 27.4 Å². The molecule has 3 atom stereocenters. The molecule has 0 radical (unpaired) electrons. The number of nitrogens with two attached hydrogens (primary N) is 1. The van der Waals surface area contributed by atoms with Crippen molar-refractivity contribution in [1.29, 1.82) is 0 Å². The van der Waals surface area contributed by atoms with Crippen LogP contribution in [0.4, 0.5) is 0 Å². The van der Waals surface area contributed by atoms with Crippen LogP contribution in [0.25, 0.3) is 0 Å². The van der Waals surface area contributed by atoms with Gasteiger partial charge in [-0.05, 0) is 30.7 Å². The molecule has 2 rings (SSSR count). The van der Waals surface area contributed by atoms with Crippen molar-refractivity contribution in [3.05, 3.63) is 33.3 Å². The van der Waals surface area contributed by atoms with Crippen molar-refractivity contribution in [1.82, 2.24) is 4.90 Å². The molecular weight excluding hydrogens is 344 g/mol. The van der Waals surface area contributed by atoms with Crippen molar-refractivity contribution in [3.63, 3.8) is 0 Å². The molecule has 1 aromatic carbocycles. The van der Waals surface area contributed by atoms with Crippen LogP contribution >= 0.6 is 39.3 Å². The number of benzene rings is 1. The standard InChI is InChI=1S/C14H20BrClN2S/c1-9-10(2)19-6-5-18(9)14(8-17)12-7-11(15)3-4-13(12)16/h3-4,7,9-10,14H,5-6,8,17H2,1-2H3. The summed E-state index contributed by atoms with van der Waals surface area (Å²) in [5.41, 5.74) is 7.17. The molecule has 106 valence electrons. The average Bonchev–Trinajstić information content (AvgIpc) is 2.39. The van der Waals surface area contributed by atoms with Gasteiger partial charge in [0.1, 0.15) is 0 Å². The minimum absolute atomic E-state index is 0.198. The van der Waals surface area contributed by atoms with Gasteiger partial charge in [-0.25, -0.2) is 0 Å². The molecule has 1 aliphatic heterocycles. The van der Waals surface area contributed by atoms with Crippen LogP contribution < -0.4 is 5.73 Å². The Bertz CT molecular complexity index is 443. The van der Waals surface area contributed by atoms with Crippen molar-refractivity contribution >= 4 is 39.3 Å². The third kappa shape index (κ3) is 3.48. The molecule has 5 heteroatoms. The number of hydrogen-bond acceptors (Lipinski definition) is 3. The second kappa shape index (κ2) is 6.81. The highest BCUT2D eigenvalue weighted by molar-refractivity contribution is 9.10. The molecule has 0 amide bonds. The van der Waals surface area contributed by atoms with Gasteiger partial charge in [-0.2, -0.15) is 11.8 Å². The summed E-state index contributed by atoms with van der Waals surface area (Å²) in [4.78, 5) is 2.49. The van der Waals surface area contributed by atoms with E-state index in [-0.39, 0.29) is 6.04 Å². The summed E-state index contributed by atoms with van der Waals surface area (Å²) < 4.78 is 1.05. The van der Waals surface area contributed by atoms with Gasteiger partial charge in [0.15, 0.2) is 0 Å². The summed E-state index contributed by atoms with van der Waals surface area (Å²) in [5, 5.41) is 1.44. The summed E-state index contributed by atoms with van der Waals surface area (Å²) in [6.07, 6.45) is 0. The molecule has 1 heterocycles. The number of hydrogen-bond donors (Lipinski definition) is 1. The molecule has 3 unspecified atom stereocenters. The molecule has 19 heavy (non-hydrogen) atoms. The molecule has 2 nitrogen and oxygen atoms in total. The van der Waals surface area contributed by atoms with E-state index in [1.54, 1.807) is 0 Å². The zero-order valence-corrected chi connectivity index (χ0v) is 14.4. The molecule has 2 N–H and O–H groups in total. The number of thioether (sulfide) groups is 1. The molecule has 0 bridgehead atoms. The Balaban J connectivity index is 2.30. The Morgan fingerprint density at radius 1 is 1.53 bits per heavy atom. The van der Waals surface area contributed by atoms with Gasteiger partial charge in [0.25, 0.3) is 0 Å². The number of nitrogens with zero attached hydrogens (tertiary/aromatic N) is 1. The SMILES string of the molecule is CC1SCCN(C(CN)c2cc(Br)ccc2Cl)C1C. The molecule has 1 fully saturated rings. The summed E-state index contributed by atoms with van der Waals surface area (Å²) >= 11 is 11.9. The fraction of sp³-hybridized carbons (Fsp3) is 0.571. The highest BCUT2D eigenvalue weighted by Gasteiger charge is 2.31. The summed E-state index contributed by atoms with van der Waals surface area (Å²) in [6.45, 7) is 6.24. The van der Waals surface area contributed by atoms with E-state index in [1.807, 2.05) is 23.9 Å². The molecular formula is C14H20BrClN2S. The second-order valence-electron chi connectivity index (χ2n) is 4.97. The normalized spacial score (nSPS) is 26.4. The van der Waals surface area contributed by atoms with Gasteiger partial charge >= 0.3 is 0 Å². The third-order valence-electron chi connectivity index (χ3n) is 3.87. The summed E-state index contributed by atoms with van der Waals surface area (Å²) in [5.74, 6) is 1.16. The largest absolute Gasteiger partial charge is 0.329 e. The van der Waals surface area contributed by atoms with Gasteiger partial charge in [-0.3, -0.25) is 4.90 Å². The molecule has 1 aliphatic rings. The van der Waals surface area contributed by atoms with E-state index in [9.17, 15) is 0 Å². The Kier molecular flexibility index (Phi) is 5.61. The molecule has 1 aromatic rings. The van der Waals surface area contributed by atoms with Crippen LogP contribution in [0.3, 0.4) is 0 Å². The first-order valence-electron chi connectivity index (χ1n) is 6.57. The average molecular weight is 364 g/mol. The van der Waals surface area contributed by atoms with Crippen LogP contribution in [0.2, 0.25) is 5.02 Å². The Morgan fingerprint density at radius 3 is 2.95 bits per heavy atom. The Labute approximate surface area is 133 Å². The Morgan fingerprint density at radius 2 is 2.26 bits per heavy atom. The lowest BCUT2D eigenvalue weighted by Crippen LogP contribution is -2.48. The quantitative estimate of drug-likeness (QED) is 0.882. The summed E-state index contributed by atoms with van der Waals surface area (Å²) in [6, 6.07) is 6.72. The van der Waals surface area contributed by atoms with Crippen molar-refractivity contribution in [2.45, 2.75) is 31.2 Å².